The van der Waals surface area contributed by atoms with Crippen LogP contribution in [0.5, 0.6) is 0 Å². The van der Waals surface area contributed by atoms with Gasteiger partial charge in [-0.1, -0.05) is 0 Å². The summed E-state index contributed by atoms with van der Waals surface area (Å²) in [5, 5.41) is 39.1. The monoisotopic (exact) mass is 328 g/mol. The smallest absolute Gasteiger partial charge is 0.361 e. The van der Waals surface area contributed by atoms with Gasteiger partial charge in [-0.2, -0.15) is 0 Å². The SMILES string of the molecule is O=C(O)[C@@]1(n2cnc3c(S)ncnc32)O[C@H](CO)[C@@H](O)[C@H]1O. The topological polar surface area (TPSA) is 151 Å². The van der Waals surface area contributed by atoms with Crippen molar-refractivity contribution >= 4 is 29.8 Å². The van der Waals surface area contributed by atoms with Gasteiger partial charge in [0.15, 0.2) is 5.65 Å². The number of thiol groups is 1. The van der Waals surface area contributed by atoms with Gasteiger partial charge in [0.05, 0.1) is 6.61 Å². The summed E-state index contributed by atoms with van der Waals surface area (Å²) in [5.74, 6) is -1.56. The van der Waals surface area contributed by atoms with Crippen LogP contribution in [0.15, 0.2) is 17.7 Å². The first-order valence-corrected chi connectivity index (χ1v) is 6.64. The number of fused-ring (bicyclic) bond motifs is 1. The molecule has 1 aliphatic heterocycles. The number of imidazole rings is 1. The van der Waals surface area contributed by atoms with E-state index in [2.05, 4.69) is 27.6 Å². The molecule has 118 valence electrons. The molecule has 11 heteroatoms. The summed E-state index contributed by atoms with van der Waals surface area (Å²) in [6, 6.07) is 0. The van der Waals surface area contributed by atoms with Gasteiger partial charge in [0.1, 0.15) is 41.5 Å². The summed E-state index contributed by atoms with van der Waals surface area (Å²) in [6.45, 7) is -0.660. The molecule has 0 bridgehead atoms. The second-order valence-corrected chi connectivity index (χ2v) is 5.18. The highest BCUT2D eigenvalue weighted by molar-refractivity contribution is 7.80. The lowest BCUT2D eigenvalue weighted by atomic mass is 10.0. The second kappa shape index (κ2) is 5.14. The van der Waals surface area contributed by atoms with Crippen molar-refractivity contribution in [2.75, 3.05) is 6.61 Å². The van der Waals surface area contributed by atoms with Crippen molar-refractivity contribution in [2.45, 2.75) is 29.1 Å². The van der Waals surface area contributed by atoms with Crippen molar-refractivity contribution in [3.8, 4) is 0 Å². The first-order valence-electron chi connectivity index (χ1n) is 6.19. The molecule has 0 spiro atoms. The molecular weight excluding hydrogens is 316 g/mol. The van der Waals surface area contributed by atoms with E-state index in [1.165, 1.54) is 0 Å². The third-order valence-electron chi connectivity index (χ3n) is 3.59. The highest BCUT2D eigenvalue weighted by Gasteiger charge is 2.61. The number of hydrogen-bond acceptors (Lipinski definition) is 9. The van der Waals surface area contributed by atoms with Gasteiger partial charge in [0, 0.05) is 0 Å². The summed E-state index contributed by atoms with van der Waals surface area (Å²) < 4.78 is 6.25. The Labute approximate surface area is 128 Å². The number of carbonyl (C=O) groups is 1. The minimum atomic E-state index is -2.36. The van der Waals surface area contributed by atoms with E-state index in [9.17, 15) is 25.2 Å². The molecule has 22 heavy (non-hydrogen) atoms. The van der Waals surface area contributed by atoms with Crippen LogP contribution in [0.1, 0.15) is 0 Å². The molecule has 1 aliphatic rings. The van der Waals surface area contributed by atoms with Crippen molar-refractivity contribution in [1.29, 1.82) is 0 Å². The first-order chi connectivity index (χ1) is 10.4. The van der Waals surface area contributed by atoms with Crippen LogP contribution in [0, 0.1) is 0 Å². The van der Waals surface area contributed by atoms with Gasteiger partial charge in [-0.3, -0.25) is 4.57 Å². The Morgan fingerprint density at radius 1 is 1.41 bits per heavy atom. The Morgan fingerprint density at radius 3 is 2.73 bits per heavy atom. The predicted octanol–water partition coefficient (Wildman–Crippen LogP) is -2.03. The maximum atomic E-state index is 11.8. The van der Waals surface area contributed by atoms with Crippen molar-refractivity contribution < 1.29 is 30.0 Å². The Kier molecular flexibility index (Phi) is 3.53. The van der Waals surface area contributed by atoms with Crippen LogP contribution in [-0.4, -0.2) is 70.8 Å². The summed E-state index contributed by atoms with van der Waals surface area (Å²) in [6.07, 6.45) is -2.43. The number of aliphatic carboxylic acids is 1. The number of ether oxygens (including phenoxy) is 1. The maximum Gasteiger partial charge on any atom is 0.361 e. The zero-order valence-electron chi connectivity index (χ0n) is 10.9. The molecule has 4 atom stereocenters. The van der Waals surface area contributed by atoms with Crippen LogP contribution in [0.4, 0.5) is 0 Å². The largest absolute Gasteiger partial charge is 0.478 e. The van der Waals surface area contributed by atoms with Crippen LogP contribution in [-0.2, 0) is 15.3 Å². The Hall–Kier alpha value is -1.79. The van der Waals surface area contributed by atoms with Crippen molar-refractivity contribution in [2.24, 2.45) is 0 Å². The van der Waals surface area contributed by atoms with E-state index in [-0.39, 0.29) is 16.2 Å². The second-order valence-electron chi connectivity index (χ2n) is 4.76. The fourth-order valence-electron chi connectivity index (χ4n) is 2.50. The lowest BCUT2D eigenvalue weighted by Crippen LogP contribution is -2.51. The molecule has 1 fully saturated rings. The summed E-state index contributed by atoms with van der Waals surface area (Å²) >= 11 is 4.09. The molecule has 1 saturated heterocycles. The van der Waals surface area contributed by atoms with Crippen LogP contribution >= 0.6 is 12.6 Å². The number of aliphatic hydroxyl groups is 3. The van der Waals surface area contributed by atoms with Crippen molar-refractivity contribution in [3.05, 3.63) is 12.7 Å². The van der Waals surface area contributed by atoms with Crippen LogP contribution in [0.2, 0.25) is 0 Å². The quantitative estimate of drug-likeness (QED) is 0.317. The molecule has 3 rings (SSSR count). The van der Waals surface area contributed by atoms with Gasteiger partial charge in [-0.25, -0.2) is 19.7 Å². The normalized spacial score (nSPS) is 31.7. The fraction of sp³-hybridized carbons (Fsp3) is 0.455. The molecule has 3 heterocycles. The highest BCUT2D eigenvalue weighted by atomic mass is 32.1. The number of rotatable bonds is 3. The number of nitrogens with zero attached hydrogens (tertiary/aromatic N) is 4. The average Bonchev–Trinajstić information content (AvgIpc) is 3.02. The standard InChI is InChI=1S/C11H12N4O6S/c16-1-4-6(17)7(18)11(21-4,10(19)20)15-3-14-5-8(15)12-2-13-9(5)22/h2-4,6-7,16-18H,1H2,(H,19,20)(H,12,13,22)/t4-,6-,7-,11+/m1/s1. The Balaban J connectivity index is 2.24. The van der Waals surface area contributed by atoms with Gasteiger partial charge in [-0.15, -0.1) is 12.6 Å². The van der Waals surface area contributed by atoms with E-state index >= 15 is 0 Å². The fourth-order valence-corrected chi connectivity index (χ4v) is 2.70. The third kappa shape index (κ3) is 1.84. The van der Waals surface area contributed by atoms with Gasteiger partial charge in [0.2, 0.25) is 0 Å². The molecular formula is C11H12N4O6S. The number of aromatic nitrogens is 4. The molecule has 0 radical (unpaired) electrons. The Morgan fingerprint density at radius 2 is 2.14 bits per heavy atom. The minimum absolute atomic E-state index is 0.0623. The molecule has 0 aliphatic carbocycles. The molecule has 0 amide bonds. The zero-order valence-corrected chi connectivity index (χ0v) is 11.8. The lowest BCUT2D eigenvalue weighted by Gasteiger charge is -2.28. The molecule has 10 nitrogen and oxygen atoms in total. The summed E-state index contributed by atoms with van der Waals surface area (Å²) in [5.41, 5.74) is -2.09. The maximum absolute atomic E-state index is 11.8. The van der Waals surface area contributed by atoms with Gasteiger partial charge in [0.25, 0.3) is 5.72 Å². The third-order valence-corrected chi connectivity index (χ3v) is 3.92. The van der Waals surface area contributed by atoms with Crippen molar-refractivity contribution in [1.82, 2.24) is 19.5 Å². The van der Waals surface area contributed by atoms with Crippen LogP contribution in [0.25, 0.3) is 11.2 Å². The van der Waals surface area contributed by atoms with E-state index in [0.29, 0.717) is 0 Å². The highest BCUT2D eigenvalue weighted by Crippen LogP contribution is 2.38. The Bertz CT molecular complexity index is 738. The molecule has 2 aromatic rings. The number of hydrogen-bond donors (Lipinski definition) is 5. The van der Waals surface area contributed by atoms with Gasteiger partial charge in [-0.05, 0) is 0 Å². The minimum Gasteiger partial charge on any atom is -0.478 e. The van der Waals surface area contributed by atoms with E-state index in [4.69, 9.17) is 4.74 Å². The number of carboxylic acid groups (broad SMARTS) is 1. The van der Waals surface area contributed by atoms with Gasteiger partial charge < -0.3 is 25.2 Å². The zero-order chi connectivity index (χ0) is 16.1. The van der Waals surface area contributed by atoms with Crippen molar-refractivity contribution in [3.63, 3.8) is 0 Å². The first kappa shape index (κ1) is 15.1. The lowest BCUT2D eigenvalue weighted by molar-refractivity contribution is -0.194. The van der Waals surface area contributed by atoms with E-state index < -0.39 is 36.6 Å². The summed E-state index contributed by atoms with van der Waals surface area (Å²) in [7, 11) is 0. The molecule has 0 unspecified atom stereocenters. The molecule has 4 N–H and O–H groups in total. The van der Waals surface area contributed by atoms with E-state index in [1.807, 2.05) is 0 Å². The van der Waals surface area contributed by atoms with E-state index in [0.717, 1.165) is 17.2 Å². The van der Waals surface area contributed by atoms with Crippen LogP contribution in [0.3, 0.4) is 0 Å². The number of carboxylic acids is 1. The average molecular weight is 328 g/mol. The predicted molar refractivity (Wildman–Crippen MR) is 72.2 cm³/mol. The van der Waals surface area contributed by atoms with E-state index in [1.54, 1.807) is 0 Å². The molecule has 0 aromatic carbocycles. The summed E-state index contributed by atoms with van der Waals surface area (Å²) in [4.78, 5) is 23.5. The van der Waals surface area contributed by atoms with Gasteiger partial charge >= 0.3 is 5.97 Å². The molecule has 0 saturated carbocycles. The number of aliphatic hydroxyl groups excluding tert-OH is 3. The van der Waals surface area contributed by atoms with Crippen LogP contribution < -0.4 is 0 Å². The molecule has 2 aromatic heterocycles.